The maximum atomic E-state index is 4.80. The van der Waals surface area contributed by atoms with E-state index in [1.54, 1.807) is 12.4 Å². The van der Waals surface area contributed by atoms with E-state index in [1.807, 2.05) is 31.2 Å². The van der Waals surface area contributed by atoms with Gasteiger partial charge in [0.1, 0.15) is 6.61 Å². The molecule has 1 rings (SSSR count). The molecule has 70 valence electrons. The van der Waals surface area contributed by atoms with Gasteiger partial charge >= 0.3 is 0 Å². The van der Waals surface area contributed by atoms with Crippen molar-refractivity contribution in [1.29, 1.82) is 0 Å². The molecule has 0 aliphatic rings. The average Bonchev–Trinajstić information content (AvgIpc) is 2.19. The highest BCUT2D eigenvalue weighted by Gasteiger charge is 1.83. The SMILES string of the molecule is CCOOC/C=C\c1cccnc1. The smallest absolute Gasteiger partial charge is 0.101 e. The van der Waals surface area contributed by atoms with E-state index in [9.17, 15) is 0 Å². The zero-order valence-electron chi connectivity index (χ0n) is 7.64. The van der Waals surface area contributed by atoms with Gasteiger partial charge in [-0.05, 0) is 18.6 Å². The minimum atomic E-state index is 0.461. The Hall–Kier alpha value is -1.19. The first-order valence-electron chi connectivity index (χ1n) is 4.24. The molecule has 1 aromatic heterocycles. The Morgan fingerprint density at radius 3 is 3.08 bits per heavy atom. The van der Waals surface area contributed by atoms with E-state index in [1.165, 1.54) is 0 Å². The van der Waals surface area contributed by atoms with Gasteiger partial charge in [-0.1, -0.05) is 18.2 Å². The lowest BCUT2D eigenvalue weighted by Gasteiger charge is -1.95. The van der Waals surface area contributed by atoms with Crippen LogP contribution in [0, 0.1) is 0 Å². The van der Waals surface area contributed by atoms with Crippen molar-refractivity contribution in [2.45, 2.75) is 6.92 Å². The Balaban J connectivity index is 2.25. The molecule has 1 heterocycles. The maximum Gasteiger partial charge on any atom is 0.101 e. The second-order valence-corrected chi connectivity index (χ2v) is 2.38. The topological polar surface area (TPSA) is 31.4 Å². The van der Waals surface area contributed by atoms with Gasteiger partial charge in [-0.25, -0.2) is 9.78 Å². The number of rotatable bonds is 5. The Morgan fingerprint density at radius 1 is 1.46 bits per heavy atom. The molecule has 0 bridgehead atoms. The van der Waals surface area contributed by atoms with Crippen LogP contribution in [-0.2, 0) is 9.78 Å². The Labute approximate surface area is 77.9 Å². The highest BCUT2D eigenvalue weighted by molar-refractivity contribution is 5.47. The molecule has 0 radical (unpaired) electrons. The standard InChI is InChI=1S/C10H13NO2/c1-2-12-13-8-4-6-10-5-3-7-11-9-10/h3-7,9H,2,8H2,1H3/b6-4-. The predicted molar refractivity (Wildman–Crippen MR) is 50.8 cm³/mol. The third-order valence-electron chi connectivity index (χ3n) is 1.36. The molecule has 13 heavy (non-hydrogen) atoms. The molecule has 0 N–H and O–H groups in total. The van der Waals surface area contributed by atoms with E-state index < -0.39 is 0 Å². The first-order valence-corrected chi connectivity index (χ1v) is 4.24. The van der Waals surface area contributed by atoms with Crippen LogP contribution in [0.3, 0.4) is 0 Å². The minimum absolute atomic E-state index is 0.461. The molecule has 0 saturated heterocycles. The molecule has 0 spiro atoms. The highest BCUT2D eigenvalue weighted by Crippen LogP contribution is 1.97. The van der Waals surface area contributed by atoms with Crippen LogP contribution in [-0.4, -0.2) is 18.2 Å². The summed E-state index contributed by atoms with van der Waals surface area (Å²) in [6.45, 7) is 2.91. The molecule has 0 aromatic carbocycles. The fourth-order valence-corrected chi connectivity index (χ4v) is 0.829. The summed E-state index contributed by atoms with van der Waals surface area (Å²) >= 11 is 0. The largest absolute Gasteiger partial charge is 0.264 e. The molecule has 0 unspecified atom stereocenters. The number of nitrogens with zero attached hydrogens (tertiary/aromatic N) is 1. The van der Waals surface area contributed by atoms with Gasteiger partial charge in [-0.2, -0.15) is 0 Å². The fraction of sp³-hybridized carbons (Fsp3) is 0.300. The minimum Gasteiger partial charge on any atom is -0.264 e. The van der Waals surface area contributed by atoms with Crippen molar-refractivity contribution in [1.82, 2.24) is 4.98 Å². The van der Waals surface area contributed by atoms with Crippen molar-refractivity contribution in [3.63, 3.8) is 0 Å². The summed E-state index contributed by atoms with van der Waals surface area (Å²) in [5, 5.41) is 0. The summed E-state index contributed by atoms with van der Waals surface area (Å²) in [6, 6.07) is 3.87. The van der Waals surface area contributed by atoms with Crippen LogP contribution in [0.2, 0.25) is 0 Å². The van der Waals surface area contributed by atoms with Gasteiger partial charge in [0.05, 0.1) is 6.61 Å². The molecular weight excluding hydrogens is 166 g/mol. The van der Waals surface area contributed by atoms with Gasteiger partial charge in [0.2, 0.25) is 0 Å². The average molecular weight is 179 g/mol. The molecule has 0 amide bonds. The Morgan fingerprint density at radius 2 is 2.38 bits per heavy atom. The fourth-order valence-electron chi connectivity index (χ4n) is 0.829. The first-order chi connectivity index (χ1) is 6.43. The van der Waals surface area contributed by atoms with Crippen LogP contribution < -0.4 is 0 Å². The van der Waals surface area contributed by atoms with Crippen LogP contribution in [0.5, 0.6) is 0 Å². The van der Waals surface area contributed by atoms with E-state index >= 15 is 0 Å². The van der Waals surface area contributed by atoms with Crippen LogP contribution in [0.15, 0.2) is 30.6 Å². The second kappa shape index (κ2) is 6.34. The monoisotopic (exact) mass is 179 g/mol. The van der Waals surface area contributed by atoms with Crippen molar-refractivity contribution in [2.75, 3.05) is 13.2 Å². The van der Waals surface area contributed by atoms with Gasteiger partial charge in [0, 0.05) is 12.4 Å². The number of aromatic nitrogens is 1. The van der Waals surface area contributed by atoms with Gasteiger partial charge in [0.15, 0.2) is 0 Å². The molecule has 0 aliphatic carbocycles. The third kappa shape index (κ3) is 4.40. The maximum absolute atomic E-state index is 4.80. The number of pyridine rings is 1. The van der Waals surface area contributed by atoms with Crippen molar-refractivity contribution in [2.24, 2.45) is 0 Å². The summed E-state index contributed by atoms with van der Waals surface area (Å²) in [7, 11) is 0. The summed E-state index contributed by atoms with van der Waals surface area (Å²) in [4.78, 5) is 13.5. The van der Waals surface area contributed by atoms with Crippen LogP contribution in [0.1, 0.15) is 12.5 Å². The molecular formula is C10H13NO2. The molecule has 3 nitrogen and oxygen atoms in total. The van der Waals surface area contributed by atoms with E-state index in [2.05, 4.69) is 4.98 Å². The van der Waals surface area contributed by atoms with Crippen LogP contribution in [0.4, 0.5) is 0 Å². The lowest BCUT2D eigenvalue weighted by Crippen LogP contribution is -1.92. The second-order valence-electron chi connectivity index (χ2n) is 2.38. The van der Waals surface area contributed by atoms with Crippen LogP contribution in [0.25, 0.3) is 6.08 Å². The molecule has 0 atom stereocenters. The zero-order valence-corrected chi connectivity index (χ0v) is 7.64. The molecule has 0 fully saturated rings. The molecule has 3 heteroatoms. The normalized spacial score (nSPS) is 10.8. The summed E-state index contributed by atoms with van der Waals surface area (Å²) in [5.74, 6) is 0. The van der Waals surface area contributed by atoms with Gasteiger partial charge in [0.25, 0.3) is 0 Å². The van der Waals surface area contributed by atoms with E-state index in [0.29, 0.717) is 13.2 Å². The van der Waals surface area contributed by atoms with E-state index in [4.69, 9.17) is 9.78 Å². The van der Waals surface area contributed by atoms with Crippen molar-refractivity contribution >= 4 is 6.08 Å². The quantitative estimate of drug-likeness (QED) is 0.394. The third-order valence-corrected chi connectivity index (χ3v) is 1.36. The van der Waals surface area contributed by atoms with Gasteiger partial charge in [-0.15, -0.1) is 0 Å². The summed E-state index contributed by atoms with van der Waals surface area (Å²) in [5.41, 5.74) is 1.06. The molecule has 0 aliphatic heterocycles. The van der Waals surface area contributed by atoms with Crippen molar-refractivity contribution in [3.05, 3.63) is 36.2 Å². The Bertz CT molecular complexity index is 246. The highest BCUT2D eigenvalue weighted by atomic mass is 17.2. The van der Waals surface area contributed by atoms with Crippen LogP contribution >= 0.6 is 0 Å². The summed E-state index contributed by atoms with van der Waals surface area (Å²) in [6.07, 6.45) is 7.35. The predicted octanol–water partition coefficient (Wildman–Crippen LogP) is 2.06. The lowest BCUT2D eigenvalue weighted by molar-refractivity contribution is -0.282. The van der Waals surface area contributed by atoms with E-state index in [0.717, 1.165) is 5.56 Å². The first kappa shape index (κ1) is 9.89. The molecule has 0 saturated carbocycles. The Kier molecular flexibility index (Phi) is 4.83. The van der Waals surface area contributed by atoms with E-state index in [-0.39, 0.29) is 0 Å². The zero-order chi connectivity index (χ0) is 9.36. The number of hydrogen-bond acceptors (Lipinski definition) is 3. The van der Waals surface area contributed by atoms with Gasteiger partial charge in [-0.3, -0.25) is 4.98 Å². The van der Waals surface area contributed by atoms with Crippen molar-refractivity contribution < 1.29 is 9.78 Å². The lowest BCUT2D eigenvalue weighted by atomic mass is 10.3. The van der Waals surface area contributed by atoms with Crippen molar-refractivity contribution in [3.8, 4) is 0 Å². The molecule has 1 aromatic rings. The summed E-state index contributed by atoms with van der Waals surface area (Å²) < 4.78 is 0. The number of hydrogen-bond donors (Lipinski definition) is 0. The van der Waals surface area contributed by atoms with Gasteiger partial charge < -0.3 is 0 Å².